The molecule has 0 saturated carbocycles. The molecule has 24 heavy (non-hydrogen) atoms. The molecular formula is C17H16N4O3. The standard InChI is InChI=1S/C17H16N4O3/c1-11-8-9-12(10-18-11)14(22)20-21-15(23)17(2,19-16(21)24)13-6-4-3-5-7-13/h3-10H,1-2H3,(H,19,24)(H,20,22)/t17-/m1/s1. The van der Waals surface area contributed by atoms with E-state index in [2.05, 4.69) is 15.7 Å². The zero-order valence-corrected chi connectivity index (χ0v) is 13.2. The van der Waals surface area contributed by atoms with Gasteiger partial charge in [0, 0.05) is 11.9 Å². The number of carbonyl (C=O) groups is 3. The van der Waals surface area contributed by atoms with Gasteiger partial charge in [0.1, 0.15) is 5.54 Å². The predicted octanol–water partition coefficient (Wildman–Crippen LogP) is 1.50. The summed E-state index contributed by atoms with van der Waals surface area (Å²) < 4.78 is 0. The van der Waals surface area contributed by atoms with Crippen LogP contribution in [0.4, 0.5) is 4.79 Å². The molecule has 1 atom stereocenters. The van der Waals surface area contributed by atoms with Gasteiger partial charge >= 0.3 is 6.03 Å². The van der Waals surface area contributed by atoms with Crippen molar-refractivity contribution in [1.82, 2.24) is 20.7 Å². The van der Waals surface area contributed by atoms with Gasteiger partial charge in [0.25, 0.3) is 11.8 Å². The summed E-state index contributed by atoms with van der Waals surface area (Å²) in [6.07, 6.45) is 1.39. The SMILES string of the molecule is Cc1ccc(C(=O)NN2C(=O)N[C@](C)(c3ccccc3)C2=O)cn1. The Labute approximate surface area is 138 Å². The van der Waals surface area contributed by atoms with E-state index >= 15 is 0 Å². The summed E-state index contributed by atoms with van der Waals surface area (Å²) in [6, 6.07) is 11.4. The third kappa shape index (κ3) is 2.60. The normalized spacial score (nSPS) is 20.0. The summed E-state index contributed by atoms with van der Waals surface area (Å²) in [5, 5.41) is 3.32. The van der Waals surface area contributed by atoms with Crippen molar-refractivity contribution in [2.75, 3.05) is 0 Å². The second kappa shape index (κ2) is 5.77. The van der Waals surface area contributed by atoms with Gasteiger partial charge in [-0.2, -0.15) is 5.01 Å². The minimum atomic E-state index is -1.23. The lowest BCUT2D eigenvalue weighted by atomic mass is 9.92. The molecule has 7 heteroatoms. The van der Waals surface area contributed by atoms with E-state index in [4.69, 9.17) is 0 Å². The topological polar surface area (TPSA) is 91.4 Å². The molecule has 1 fully saturated rings. The van der Waals surface area contributed by atoms with E-state index in [9.17, 15) is 14.4 Å². The number of nitrogens with one attached hydrogen (secondary N) is 2. The number of carbonyl (C=O) groups excluding carboxylic acids is 3. The summed E-state index contributed by atoms with van der Waals surface area (Å²) in [4.78, 5) is 41.1. The molecule has 0 spiro atoms. The van der Waals surface area contributed by atoms with Crippen LogP contribution in [0.3, 0.4) is 0 Å². The van der Waals surface area contributed by atoms with Crippen LogP contribution in [0.15, 0.2) is 48.7 Å². The number of rotatable bonds is 3. The molecule has 1 aromatic carbocycles. The van der Waals surface area contributed by atoms with E-state index in [-0.39, 0.29) is 5.56 Å². The molecule has 0 bridgehead atoms. The van der Waals surface area contributed by atoms with E-state index in [1.807, 2.05) is 6.07 Å². The maximum Gasteiger partial charge on any atom is 0.344 e. The maximum atomic E-state index is 12.7. The van der Waals surface area contributed by atoms with Gasteiger partial charge in [-0.25, -0.2) is 4.79 Å². The lowest BCUT2D eigenvalue weighted by Crippen LogP contribution is -2.47. The van der Waals surface area contributed by atoms with E-state index < -0.39 is 23.4 Å². The quantitative estimate of drug-likeness (QED) is 0.837. The van der Waals surface area contributed by atoms with Gasteiger partial charge in [0.2, 0.25) is 0 Å². The number of urea groups is 1. The highest BCUT2D eigenvalue weighted by Crippen LogP contribution is 2.27. The second-order valence-electron chi connectivity index (χ2n) is 5.69. The monoisotopic (exact) mass is 324 g/mol. The van der Waals surface area contributed by atoms with Crippen LogP contribution < -0.4 is 10.7 Å². The number of benzene rings is 1. The van der Waals surface area contributed by atoms with Crippen molar-refractivity contribution in [2.45, 2.75) is 19.4 Å². The van der Waals surface area contributed by atoms with Gasteiger partial charge in [0.05, 0.1) is 5.56 Å². The number of hydrogen-bond acceptors (Lipinski definition) is 4. The van der Waals surface area contributed by atoms with Gasteiger partial charge in [-0.05, 0) is 31.5 Å². The zero-order valence-electron chi connectivity index (χ0n) is 13.2. The first kappa shape index (κ1) is 15.7. The Morgan fingerprint density at radius 1 is 1.17 bits per heavy atom. The summed E-state index contributed by atoms with van der Waals surface area (Å²) in [5.74, 6) is -1.13. The van der Waals surface area contributed by atoms with Crippen molar-refractivity contribution in [3.63, 3.8) is 0 Å². The van der Waals surface area contributed by atoms with Gasteiger partial charge in [-0.1, -0.05) is 30.3 Å². The highest BCUT2D eigenvalue weighted by molar-refractivity contribution is 6.09. The summed E-state index contributed by atoms with van der Waals surface area (Å²) >= 11 is 0. The predicted molar refractivity (Wildman–Crippen MR) is 85.6 cm³/mol. The smallest absolute Gasteiger partial charge is 0.318 e. The lowest BCUT2D eigenvalue weighted by molar-refractivity contribution is -0.132. The van der Waals surface area contributed by atoms with Crippen molar-refractivity contribution in [2.24, 2.45) is 0 Å². The van der Waals surface area contributed by atoms with Crippen LogP contribution in [0.2, 0.25) is 0 Å². The molecule has 2 heterocycles. The van der Waals surface area contributed by atoms with Crippen LogP contribution >= 0.6 is 0 Å². The third-order valence-electron chi connectivity index (χ3n) is 3.93. The highest BCUT2D eigenvalue weighted by atomic mass is 16.2. The molecule has 7 nitrogen and oxygen atoms in total. The molecule has 122 valence electrons. The maximum absolute atomic E-state index is 12.7. The first-order chi connectivity index (χ1) is 11.4. The molecule has 3 rings (SSSR count). The zero-order chi connectivity index (χ0) is 17.3. The third-order valence-corrected chi connectivity index (χ3v) is 3.93. The fourth-order valence-corrected chi connectivity index (χ4v) is 2.48. The molecular weight excluding hydrogens is 308 g/mol. The molecule has 1 aromatic heterocycles. The fourth-order valence-electron chi connectivity index (χ4n) is 2.48. The second-order valence-corrected chi connectivity index (χ2v) is 5.69. The largest absolute Gasteiger partial charge is 0.344 e. The highest BCUT2D eigenvalue weighted by Gasteiger charge is 2.50. The molecule has 1 aliphatic heterocycles. The van der Waals surface area contributed by atoms with Crippen molar-refractivity contribution in [3.8, 4) is 0 Å². The minimum absolute atomic E-state index is 0.259. The number of aromatic nitrogens is 1. The number of nitrogens with zero attached hydrogens (tertiary/aromatic N) is 2. The molecule has 2 aromatic rings. The van der Waals surface area contributed by atoms with Crippen LogP contribution in [-0.4, -0.2) is 27.8 Å². The number of amides is 4. The average molecular weight is 324 g/mol. The molecule has 4 amide bonds. The van der Waals surface area contributed by atoms with Crippen molar-refractivity contribution in [3.05, 3.63) is 65.5 Å². The average Bonchev–Trinajstić information content (AvgIpc) is 2.80. The van der Waals surface area contributed by atoms with Crippen molar-refractivity contribution >= 4 is 17.8 Å². The van der Waals surface area contributed by atoms with Crippen LogP contribution in [0.25, 0.3) is 0 Å². The molecule has 0 aliphatic carbocycles. The van der Waals surface area contributed by atoms with Crippen LogP contribution in [0.1, 0.15) is 28.5 Å². The number of hydrogen-bond donors (Lipinski definition) is 2. The number of pyridine rings is 1. The van der Waals surface area contributed by atoms with Crippen LogP contribution in [0, 0.1) is 6.92 Å². The Kier molecular flexibility index (Phi) is 3.76. The Morgan fingerprint density at radius 2 is 1.88 bits per heavy atom. The van der Waals surface area contributed by atoms with Crippen LogP contribution in [0.5, 0.6) is 0 Å². The van der Waals surface area contributed by atoms with Gasteiger partial charge in [-0.3, -0.25) is 20.0 Å². The summed E-state index contributed by atoms with van der Waals surface area (Å²) in [7, 11) is 0. The first-order valence-corrected chi connectivity index (χ1v) is 7.38. The molecule has 2 N–H and O–H groups in total. The molecule has 1 saturated heterocycles. The molecule has 1 aliphatic rings. The summed E-state index contributed by atoms with van der Waals surface area (Å²) in [5.41, 5.74) is 2.76. The number of hydrazine groups is 1. The van der Waals surface area contributed by atoms with Gasteiger partial charge in [-0.15, -0.1) is 0 Å². The Bertz CT molecular complexity index is 804. The van der Waals surface area contributed by atoms with Crippen LogP contribution in [-0.2, 0) is 10.3 Å². The first-order valence-electron chi connectivity index (χ1n) is 7.38. The fraction of sp³-hybridized carbons (Fsp3) is 0.176. The van der Waals surface area contributed by atoms with E-state index in [1.54, 1.807) is 50.2 Å². The summed E-state index contributed by atoms with van der Waals surface area (Å²) in [6.45, 7) is 3.40. The molecule has 0 unspecified atom stereocenters. The lowest BCUT2D eigenvalue weighted by Gasteiger charge is -2.22. The van der Waals surface area contributed by atoms with Crippen molar-refractivity contribution in [1.29, 1.82) is 0 Å². The Balaban J connectivity index is 1.82. The minimum Gasteiger partial charge on any atom is -0.318 e. The number of aryl methyl sites for hydroxylation is 1. The molecule has 0 radical (unpaired) electrons. The van der Waals surface area contributed by atoms with Gasteiger partial charge < -0.3 is 5.32 Å². The Morgan fingerprint density at radius 3 is 2.50 bits per heavy atom. The van der Waals surface area contributed by atoms with E-state index in [0.717, 1.165) is 5.69 Å². The Hall–Kier alpha value is -3.22. The van der Waals surface area contributed by atoms with Gasteiger partial charge in [0.15, 0.2) is 0 Å². The number of imide groups is 1. The van der Waals surface area contributed by atoms with Crippen molar-refractivity contribution < 1.29 is 14.4 Å². The van der Waals surface area contributed by atoms with E-state index in [0.29, 0.717) is 10.6 Å². The van der Waals surface area contributed by atoms with E-state index in [1.165, 1.54) is 6.20 Å².